The SMILES string of the molecule is OC1(CNC2CC(c3ccccc3F)C2)CCCCC1. The first kappa shape index (κ1) is 14.0. The van der Waals surface area contributed by atoms with Gasteiger partial charge in [-0.2, -0.15) is 0 Å². The van der Waals surface area contributed by atoms with Crippen LogP contribution in [-0.4, -0.2) is 23.3 Å². The van der Waals surface area contributed by atoms with E-state index in [0.717, 1.165) is 44.1 Å². The largest absolute Gasteiger partial charge is 0.389 e. The quantitative estimate of drug-likeness (QED) is 0.884. The summed E-state index contributed by atoms with van der Waals surface area (Å²) in [5, 5.41) is 13.9. The summed E-state index contributed by atoms with van der Waals surface area (Å²) in [6.07, 6.45) is 7.34. The second-order valence-electron chi connectivity index (χ2n) is 6.55. The van der Waals surface area contributed by atoms with E-state index in [1.54, 1.807) is 12.1 Å². The maximum Gasteiger partial charge on any atom is 0.126 e. The van der Waals surface area contributed by atoms with Crippen molar-refractivity contribution in [2.75, 3.05) is 6.54 Å². The first-order valence-electron chi connectivity index (χ1n) is 7.86. The van der Waals surface area contributed by atoms with Crippen LogP contribution in [0.1, 0.15) is 56.4 Å². The van der Waals surface area contributed by atoms with E-state index in [0.29, 0.717) is 18.5 Å². The zero-order valence-corrected chi connectivity index (χ0v) is 11.9. The summed E-state index contributed by atoms with van der Waals surface area (Å²) in [4.78, 5) is 0. The highest BCUT2D eigenvalue weighted by Crippen LogP contribution is 2.38. The van der Waals surface area contributed by atoms with Gasteiger partial charge < -0.3 is 10.4 Å². The molecule has 110 valence electrons. The topological polar surface area (TPSA) is 32.3 Å². The summed E-state index contributed by atoms with van der Waals surface area (Å²) in [6, 6.07) is 7.52. The molecule has 3 rings (SSSR count). The van der Waals surface area contributed by atoms with Crippen LogP contribution in [0.15, 0.2) is 24.3 Å². The molecule has 0 atom stereocenters. The molecule has 1 aromatic rings. The molecule has 0 spiro atoms. The average molecular weight is 277 g/mol. The number of rotatable bonds is 4. The van der Waals surface area contributed by atoms with Crippen molar-refractivity contribution in [3.63, 3.8) is 0 Å². The van der Waals surface area contributed by atoms with E-state index in [1.807, 2.05) is 12.1 Å². The fourth-order valence-electron chi connectivity index (χ4n) is 3.57. The van der Waals surface area contributed by atoms with Gasteiger partial charge in [-0.1, -0.05) is 37.5 Å². The molecule has 2 nitrogen and oxygen atoms in total. The third kappa shape index (κ3) is 3.04. The molecule has 2 saturated carbocycles. The first-order chi connectivity index (χ1) is 9.66. The number of hydrogen-bond donors (Lipinski definition) is 2. The van der Waals surface area contributed by atoms with Gasteiger partial charge in [0.25, 0.3) is 0 Å². The fraction of sp³-hybridized carbons (Fsp3) is 0.647. The lowest BCUT2D eigenvalue weighted by atomic mass is 9.75. The predicted molar refractivity (Wildman–Crippen MR) is 78.2 cm³/mol. The molecule has 0 unspecified atom stereocenters. The third-order valence-corrected chi connectivity index (χ3v) is 4.99. The molecule has 0 aromatic heterocycles. The van der Waals surface area contributed by atoms with Crippen LogP contribution in [0.3, 0.4) is 0 Å². The number of benzene rings is 1. The molecular weight excluding hydrogens is 253 g/mol. The van der Waals surface area contributed by atoms with Gasteiger partial charge in [0, 0.05) is 12.6 Å². The second-order valence-corrected chi connectivity index (χ2v) is 6.55. The van der Waals surface area contributed by atoms with Crippen LogP contribution in [0.4, 0.5) is 4.39 Å². The normalized spacial score (nSPS) is 28.9. The van der Waals surface area contributed by atoms with Crippen LogP contribution in [0.25, 0.3) is 0 Å². The van der Waals surface area contributed by atoms with Crippen molar-refractivity contribution in [3.8, 4) is 0 Å². The molecule has 0 heterocycles. The van der Waals surface area contributed by atoms with Gasteiger partial charge in [-0.25, -0.2) is 4.39 Å². The van der Waals surface area contributed by atoms with Crippen molar-refractivity contribution in [1.82, 2.24) is 5.32 Å². The standard InChI is InChI=1S/C17H24FNO/c18-16-7-3-2-6-15(16)13-10-14(11-13)19-12-17(20)8-4-1-5-9-17/h2-3,6-7,13-14,19-20H,1,4-5,8-12H2. The zero-order valence-electron chi connectivity index (χ0n) is 11.9. The van der Waals surface area contributed by atoms with E-state index in [1.165, 1.54) is 6.42 Å². The lowest BCUT2D eigenvalue weighted by Crippen LogP contribution is -2.49. The van der Waals surface area contributed by atoms with Crippen molar-refractivity contribution in [1.29, 1.82) is 0 Å². The maximum atomic E-state index is 13.7. The molecule has 1 aromatic carbocycles. The number of aliphatic hydroxyl groups is 1. The Hall–Kier alpha value is -0.930. The lowest BCUT2D eigenvalue weighted by molar-refractivity contribution is -0.000332. The maximum absolute atomic E-state index is 13.7. The van der Waals surface area contributed by atoms with E-state index >= 15 is 0 Å². The average Bonchev–Trinajstić information content (AvgIpc) is 2.39. The Balaban J connectivity index is 1.46. The Labute approximate surface area is 120 Å². The van der Waals surface area contributed by atoms with Gasteiger partial charge >= 0.3 is 0 Å². The second kappa shape index (κ2) is 5.82. The fourth-order valence-corrected chi connectivity index (χ4v) is 3.57. The molecule has 3 heteroatoms. The van der Waals surface area contributed by atoms with Gasteiger partial charge in [0.2, 0.25) is 0 Å². The van der Waals surface area contributed by atoms with Crippen LogP contribution in [0.5, 0.6) is 0 Å². The summed E-state index contributed by atoms with van der Waals surface area (Å²) < 4.78 is 13.7. The highest BCUT2D eigenvalue weighted by Gasteiger charge is 2.35. The number of halogens is 1. The molecule has 2 fully saturated rings. The van der Waals surface area contributed by atoms with Gasteiger partial charge in [-0.15, -0.1) is 0 Å². The molecular formula is C17H24FNO. The van der Waals surface area contributed by atoms with Crippen LogP contribution < -0.4 is 5.32 Å². The van der Waals surface area contributed by atoms with Crippen molar-refractivity contribution in [2.45, 2.75) is 62.5 Å². The minimum Gasteiger partial charge on any atom is -0.389 e. The van der Waals surface area contributed by atoms with Crippen LogP contribution >= 0.6 is 0 Å². The predicted octanol–water partition coefficient (Wildman–Crippen LogP) is 3.36. The summed E-state index contributed by atoms with van der Waals surface area (Å²) in [5.74, 6) is 0.261. The van der Waals surface area contributed by atoms with Crippen LogP contribution in [0.2, 0.25) is 0 Å². The minimum absolute atomic E-state index is 0.0816. The molecule has 0 aliphatic heterocycles. The monoisotopic (exact) mass is 277 g/mol. The van der Waals surface area contributed by atoms with Gasteiger partial charge in [-0.3, -0.25) is 0 Å². The highest BCUT2D eigenvalue weighted by molar-refractivity contribution is 5.24. The molecule has 2 N–H and O–H groups in total. The van der Waals surface area contributed by atoms with E-state index < -0.39 is 5.60 Å². The van der Waals surface area contributed by atoms with Crippen LogP contribution in [-0.2, 0) is 0 Å². The number of nitrogens with one attached hydrogen (secondary N) is 1. The Morgan fingerprint density at radius 1 is 1.15 bits per heavy atom. The van der Waals surface area contributed by atoms with E-state index in [-0.39, 0.29) is 5.82 Å². The molecule has 2 aliphatic carbocycles. The molecule has 2 aliphatic rings. The zero-order chi connectivity index (χ0) is 14.0. The van der Waals surface area contributed by atoms with Crippen LogP contribution in [0, 0.1) is 5.82 Å². The van der Waals surface area contributed by atoms with Crippen molar-refractivity contribution in [3.05, 3.63) is 35.6 Å². The molecule has 0 radical (unpaired) electrons. The first-order valence-corrected chi connectivity index (χ1v) is 7.86. The molecule has 20 heavy (non-hydrogen) atoms. The third-order valence-electron chi connectivity index (χ3n) is 4.99. The Morgan fingerprint density at radius 3 is 2.55 bits per heavy atom. The highest BCUT2D eigenvalue weighted by atomic mass is 19.1. The summed E-state index contributed by atoms with van der Waals surface area (Å²) in [7, 11) is 0. The molecule has 0 bridgehead atoms. The Kier molecular flexibility index (Phi) is 4.08. The van der Waals surface area contributed by atoms with Crippen molar-refractivity contribution < 1.29 is 9.50 Å². The Bertz CT molecular complexity index is 450. The van der Waals surface area contributed by atoms with E-state index in [4.69, 9.17) is 0 Å². The van der Waals surface area contributed by atoms with Crippen molar-refractivity contribution in [2.24, 2.45) is 0 Å². The van der Waals surface area contributed by atoms with E-state index in [9.17, 15) is 9.50 Å². The lowest BCUT2D eigenvalue weighted by Gasteiger charge is -2.40. The molecule has 0 amide bonds. The summed E-state index contributed by atoms with van der Waals surface area (Å²) in [5.41, 5.74) is 0.350. The van der Waals surface area contributed by atoms with Gasteiger partial charge in [0.1, 0.15) is 5.82 Å². The minimum atomic E-state index is -0.499. The smallest absolute Gasteiger partial charge is 0.126 e. The molecule has 0 saturated heterocycles. The van der Waals surface area contributed by atoms with E-state index in [2.05, 4.69) is 5.32 Å². The van der Waals surface area contributed by atoms with Gasteiger partial charge in [0.05, 0.1) is 5.60 Å². The summed E-state index contributed by atoms with van der Waals surface area (Å²) in [6.45, 7) is 0.696. The van der Waals surface area contributed by atoms with Gasteiger partial charge in [0.15, 0.2) is 0 Å². The number of hydrogen-bond acceptors (Lipinski definition) is 2. The summed E-state index contributed by atoms with van der Waals surface area (Å²) >= 11 is 0. The van der Waals surface area contributed by atoms with Crippen molar-refractivity contribution >= 4 is 0 Å². The Morgan fingerprint density at radius 2 is 1.85 bits per heavy atom. The van der Waals surface area contributed by atoms with Gasteiger partial charge in [-0.05, 0) is 43.2 Å².